The first-order chi connectivity index (χ1) is 10.2. The fourth-order valence-electron chi connectivity index (χ4n) is 2.06. The van der Waals surface area contributed by atoms with Crippen LogP contribution in [0.3, 0.4) is 0 Å². The normalized spacial score (nSPS) is 12.0. The highest BCUT2D eigenvalue weighted by atomic mass is 16.5. The van der Waals surface area contributed by atoms with Crippen molar-refractivity contribution in [3.8, 4) is 5.88 Å². The molecule has 1 heterocycles. The summed E-state index contributed by atoms with van der Waals surface area (Å²) in [5.74, 6) is 2.15. The van der Waals surface area contributed by atoms with Gasteiger partial charge >= 0.3 is 0 Å². The van der Waals surface area contributed by atoms with Crippen LogP contribution in [0.2, 0.25) is 0 Å². The molecule has 1 unspecified atom stereocenters. The number of nitrogens with zero attached hydrogens (tertiary/aromatic N) is 2. The number of ether oxygens (including phenoxy) is 1. The highest BCUT2D eigenvalue weighted by Crippen LogP contribution is 2.20. The Hall–Kier alpha value is -2.10. The summed E-state index contributed by atoms with van der Waals surface area (Å²) in [5.41, 5.74) is 1.22. The first-order valence-electron chi connectivity index (χ1n) is 7.49. The van der Waals surface area contributed by atoms with Crippen molar-refractivity contribution in [3.63, 3.8) is 0 Å². The Morgan fingerprint density at radius 1 is 1.19 bits per heavy atom. The van der Waals surface area contributed by atoms with Crippen LogP contribution in [-0.4, -0.2) is 16.6 Å². The lowest BCUT2D eigenvalue weighted by Gasteiger charge is -2.16. The van der Waals surface area contributed by atoms with Gasteiger partial charge in [0.2, 0.25) is 5.88 Å². The van der Waals surface area contributed by atoms with E-state index >= 15 is 0 Å². The van der Waals surface area contributed by atoms with Crippen LogP contribution < -0.4 is 10.1 Å². The van der Waals surface area contributed by atoms with Crippen molar-refractivity contribution in [3.05, 3.63) is 47.8 Å². The number of benzene rings is 1. The molecule has 0 aliphatic heterocycles. The van der Waals surface area contributed by atoms with Gasteiger partial charge in [0.15, 0.2) is 0 Å². The molecular formula is C17H23N3O. The van der Waals surface area contributed by atoms with Crippen molar-refractivity contribution in [1.82, 2.24) is 9.97 Å². The number of nitrogens with one attached hydrogen (secondary N) is 1. The molecule has 0 radical (unpaired) electrons. The van der Waals surface area contributed by atoms with E-state index in [1.54, 1.807) is 0 Å². The van der Waals surface area contributed by atoms with E-state index in [1.807, 2.05) is 31.2 Å². The molecule has 1 aromatic carbocycles. The second-order valence-electron chi connectivity index (χ2n) is 5.12. The van der Waals surface area contributed by atoms with Gasteiger partial charge in [-0.15, -0.1) is 0 Å². The van der Waals surface area contributed by atoms with Gasteiger partial charge < -0.3 is 10.1 Å². The molecule has 0 saturated carbocycles. The standard InChI is InChI=1S/C17H23N3O/c1-4-5-11-21-17-12-16(19-14(3)20-17)18-13(2)15-9-7-6-8-10-15/h6-10,12-13H,4-5,11H2,1-3H3,(H,18,19,20). The molecule has 0 bridgehead atoms. The summed E-state index contributed by atoms with van der Waals surface area (Å²) in [6.45, 7) is 6.83. The molecule has 1 N–H and O–H groups in total. The third-order valence-electron chi connectivity index (χ3n) is 3.23. The van der Waals surface area contributed by atoms with Crippen molar-refractivity contribution in [2.45, 2.75) is 39.7 Å². The van der Waals surface area contributed by atoms with E-state index < -0.39 is 0 Å². The summed E-state index contributed by atoms with van der Waals surface area (Å²) < 4.78 is 5.66. The number of aromatic nitrogens is 2. The smallest absolute Gasteiger partial charge is 0.218 e. The van der Waals surface area contributed by atoms with Gasteiger partial charge in [0, 0.05) is 12.1 Å². The minimum absolute atomic E-state index is 0.184. The average Bonchev–Trinajstić information content (AvgIpc) is 2.48. The fourth-order valence-corrected chi connectivity index (χ4v) is 2.06. The zero-order valence-corrected chi connectivity index (χ0v) is 13.0. The van der Waals surface area contributed by atoms with E-state index in [2.05, 4.69) is 41.3 Å². The molecule has 2 rings (SSSR count). The van der Waals surface area contributed by atoms with Gasteiger partial charge in [-0.05, 0) is 25.8 Å². The highest BCUT2D eigenvalue weighted by Gasteiger charge is 2.08. The Kier molecular flexibility index (Phi) is 5.55. The van der Waals surface area contributed by atoms with Crippen LogP contribution in [0, 0.1) is 6.92 Å². The molecule has 2 aromatic rings. The summed E-state index contributed by atoms with van der Waals surface area (Å²) in [7, 11) is 0. The quantitative estimate of drug-likeness (QED) is 0.777. The molecule has 0 spiro atoms. The van der Waals surface area contributed by atoms with Crippen LogP contribution in [0.4, 0.5) is 5.82 Å². The third-order valence-corrected chi connectivity index (χ3v) is 3.23. The lowest BCUT2D eigenvalue weighted by atomic mass is 10.1. The van der Waals surface area contributed by atoms with Gasteiger partial charge in [0.25, 0.3) is 0 Å². The second kappa shape index (κ2) is 7.62. The maximum atomic E-state index is 5.66. The number of anilines is 1. The Balaban J connectivity index is 2.05. The second-order valence-corrected chi connectivity index (χ2v) is 5.12. The van der Waals surface area contributed by atoms with Crippen molar-refractivity contribution >= 4 is 5.82 Å². The summed E-state index contributed by atoms with van der Waals surface area (Å²) >= 11 is 0. The average molecular weight is 285 g/mol. The Bertz CT molecular complexity index is 557. The van der Waals surface area contributed by atoms with Crippen LogP contribution in [0.1, 0.15) is 44.1 Å². The lowest BCUT2D eigenvalue weighted by molar-refractivity contribution is 0.296. The summed E-state index contributed by atoms with van der Waals surface area (Å²) in [5, 5.41) is 3.40. The minimum Gasteiger partial charge on any atom is -0.478 e. The van der Waals surface area contributed by atoms with E-state index in [0.717, 1.165) is 18.7 Å². The van der Waals surface area contributed by atoms with E-state index in [1.165, 1.54) is 5.56 Å². The van der Waals surface area contributed by atoms with Gasteiger partial charge in [-0.25, -0.2) is 4.98 Å². The maximum Gasteiger partial charge on any atom is 0.218 e. The van der Waals surface area contributed by atoms with Crippen LogP contribution in [0.15, 0.2) is 36.4 Å². The Morgan fingerprint density at radius 3 is 2.67 bits per heavy atom. The Morgan fingerprint density at radius 2 is 1.95 bits per heavy atom. The number of hydrogen-bond acceptors (Lipinski definition) is 4. The lowest BCUT2D eigenvalue weighted by Crippen LogP contribution is -2.09. The van der Waals surface area contributed by atoms with Crippen molar-refractivity contribution < 1.29 is 4.74 Å². The molecular weight excluding hydrogens is 262 g/mol. The van der Waals surface area contributed by atoms with Crippen LogP contribution >= 0.6 is 0 Å². The molecule has 0 aliphatic carbocycles. The van der Waals surface area contributed by atoms with Crippen molar-refractivity contribution in [1.29, 1.82) is 0 Å². The SMILES string of the molecule is CCCCOc1cc(NC(C)c2ccccc2)nc(C)n1. The highest BCUT2D eigenvalue weighted by molar-refractivity contribution is 5.41. The predicted octanol–water partition coefficient (Wildman–Crippen LogP) is 4.14. The molecule has 1 atom stereocenters. The monoisotopic (exact) mass is 285 g/mol. The number of unbranched alkanes of at least 4 members (excludes halogenated alkanes) is 1. The van der Waals surface area contributed by atoms with E-state index in [0.29, 0.717) is 18.3 Å². The molecule has 0 saturated heterocycles. The van der Waals surface area contributed by atoms with E-state index in [-0.39, 0.29) is 6.04 Å². The van der Waals surface area contributed by atoms with E-state index in [9.17, 15) is 0 Å². The summed E-state index contributed by atoms with van der Waals surface area (Å²) in [6, 6.07) is 12.3. The number of rotatable bonds is 7. The maximum absolute atomic E-state index is 5.66. The van der Waals surface area contributed by atoms with Crippen LogP contribution in [0.5, 0.6) is 5.88 Å². The molecule has 21 heavy (non-hydrogen) atoms. The van der Waals surface area contributed by atoms with Gasteiger partial charge in [-0.1, -0.05) is 43.7 Å². The largest absolute Gasteiger partial charge is 0.478 e. The first kappa shape index (κ1) is 15.3. The van der Waals surface area contributed by atoms with Crippen molar-refractivity contribution in [2.24, 2.45) is 0 Å². The minimum atomic E-state index is 0.184. The van der Waals surface area contributed by atoms with Crippen LogP contribution in [0.25, 0.3) is 0 Å². The van der Waals surface area contributed by atoms with E-state index in [4.69, 9.17) is 4.74 Å². The third kappa shape index (κ3) is 4.74. The molecule has 0 aliphatic rings. The van der Waals surface area contributed by atoms with Gasteiger partial charge in [0.1, 0.15) is 11.6 Å². The van der Waals surface area contributed by atoms with Gasteiger partial charge in [-0.2, -0.15) is 4.98 Å². The molecule has 4 nitrogen and oxygen atoms in total. The molecule has 1 aromatic heterocycles. The van der Waals surface area contributed by atoms with Crippen LogP contribution in [-0.2, 0) is 0 Å². The zero-order chi connectivity index (χ0) is 15.1. The number of hydrogen-bond donors (Lipinski definition) is 1. The zero-order valence-electron chi connectivity index (χ0n) is 13.0. The molecule has 112 valence electrons. The predicted molar refractivity (Wildman–Crippen MR) is 85.7 cm³/mol. The first-order valence-corrected chi connectivity index (χ1v) is 7.49. The molecule has 4 heteroatoms. The fraction of sp³-hybridized carbons (Fsp3) is 0.412. The van der Waals surface area contributed by atoms with Gasteiger partial charge in [0.05, 0.1) is 6.61 Å². The topological polar surface area (TPSA) is 47.0 Å². The summed E-state index contributed by atoms with van der Waals surface area (Å²) in [4.78, 5) is 8.74. The molecule has 0 amide bonds. The molecule has 0 fully saturated rings. The number of aryl methyl sites for hydroxylation is 1. The van der Waals surface area contributed by atoms with Gasteiger partial charge in [-0.3, -0.25) is 0 Å². The Labute approximate surface area is 126 Å². The summed E-state index contributed by atoms with van der Waals surface area (Å²) in [6.07, 6.45) is 2.15. The van der Waals surface area contributed by atoms with Crippen molar-refractivity contribution in [2.75, 3.05) is 11.9 Å².